The number of benzene rings is 1. The molecule has 21 heavy (non-hydrogen) atoms. The summed E-state index contributed by atoms with van der Waals surface area (Å²) in [7, 11) is 0. The lowest BCUT2D eigenvalue weighted by molar-refractivity contribution is -0.137. The average molecular weight is 304 g/mol. The summed E-state index contributed by atoms with van der Waals surface area (Å²) < 4.78 is 37.1. The molecular formula is C14H19F3N2O2. The number of anilines is 1. The number of unbranched alkanes of at least 4 members (excludes halogenated alkanes) is 3. The molecule has 3 N–H and O–H groups in total. The number of carbonyl (C=O) groups is 1. The zero-order valence-electron chi connectivity index (χ0n) is 11.5. The van der Waals surface area contributed by atoms with Crippen molar-refractivity contribution in [2.75, 3.05) is 18.5 Å². The molecule has 0 fully saturated rings. The molecule has 0 bridgehead atoms. The second-order valence-electron chi connectivity index (χ2n) is 4.59. The third-order valence-corrected chi connectivity index (χ3v) is 2.84. The van der Waals surface area contributed by atoms with E-state index >= 15 is 0 Å². The van der Waals surface area contributed by atoms with Crippen LogP contribution in [-0.4, -0.2) is 24.3 Å². The lowest BCUT2D eigenvalue weighted by Crippen LogP contribution is -2.29. The summed E-state index contributed by atoms with van der Waals surface area (Å²) in [6.07, 6.45) is -1.03. The fourth-order valence-corrected chi connectivity index (χ4v) is 1.71. The van der Waals surface area contributed by atoms with Gasteiger partial charge >= 0.3 is 12.2 Å². The van der Waals surface area contributed by atoms with Crippen molar-refractivity contribution >= 4 is 11.7 Å². The molecule has 2 amide bonds. The van der Waals surface area contributed by atoms with E-state index in [0.717, 1.165) is 37.8 Å². The van der Waals surface area contributed by atoms with Gasteiger partial charge in [-0.15, -0.1) is 0 Å². The lowest BCUT2D eigenvalue weighted by Gasteiger charge is -2.09. The monoisotopic (exact) mass is 304 g/mol. The van der Waals surface area contributed by atoms with Gasteiger partial charge in [0.25, 0.3) is 0 Å². The van der Waals surface area contributed by atoms with Gasteiger partial charge in [-0.2, -0.15) is 13.2 Å². The Morgan fingerprint density at radius 2 is 1.67 bits per heavy atom. The Morgan fingerprint density at radius 1 is 1.05 bits per heavy atom. The van der Waals surface area contributed by atoms with E-state index in [4.69, 9.17) is 5.11 Å². The Labute approximate surface area is 121 Å². The third-order valence-electron chi connectivity index (χ3n) is 2.84. The maximum absolute atomic E-state index is 12.4. The second kappa shape index (κ2) is 8.51. The SMILES string of the molecule is O=C(NCCCCCCO)Nc1ccc(C(F)(F)F)cc1. The summed E-state index contributed by atoms with van der Waals surface area (Å²) in [6, 6.07) is 3.82. The number of nitrogens with one attached hydrogen (secondary N) is 2. The highest BCUT2D eigenvalue weighted by atomic mass is 19.4. The van der Waals surface area contributed by atoms with Crippen molar-refractivity contribution in [2.24, 2.45) is 0 Å². The molecule has 4 nitrogen and oxygen atoms in total. The lowest BCUT2D eigenvalue weighted by atomic mass is 10.2. The summed E-state index contributed by atoms with van der Waals surface area (Å²) in [5, 5.41) is 13.7. The Hall–Kier alpha value is -1.76. The van der Waals surface area contributed by atoms with Crippen LogP contribution in [0.4, 0.5) is 23.7 Å². The van der Waals surface area contributed by atoms with Crippen molar-refractivity contribution in [3.63, 3.8) is 0 Å². The molecule has 0 aromatic heterocycles. The van der Waals surface area contributed by atoms with Gasteiger partial charge in [-0.25, -0.2) is 4.79 Å². The summed E-state index contributed by atoms with van der Waals surface area (Å²) >= 11 is 0. The number of rotatable bonds is 7. The predicted molar refractivity (Wildman–Crippen MR) is 74.0 cm³/mol. The Morgan fingerprint density at radius 3 is 2.24 bits per heavy atom. The van der Waals surface area contributed by atoms with Crippen LogP contribution in [0.25, 0.3) is 0 Å². The van der Waals surface area contributed by atoms with E-state index in [1.807, 2.05) is 0 Å². The number of aliphatic hydroxyl groups is 1. The first kappa shape index (κ1) is 17.3. The van der Waals surface area contributed by atoms with Crippen LogP contribution in [0.15, 0.2) is 24.3 Å². The van der Waals surface area contributed by atoms with Crippen molar-refractivity contribution in [3.8, 4) is 0 Å². The van der Waals surface area contributed by atoms with Crippen LogP contribution in [0, 0.1) is 0 Å². The van der Waals surface area contributed by atoms with Gasteiger partial charge in [-0.1, -0.05) is 12.8 Å². The van der Waals surface area contributed by atoms with E-state index in [-0.39, 0.29) is 6.61 Å². The highest BCUT2D eigenvalue weighted by molar-refractivity contribution is 5.89. The number of hydrogen-bond donors (Lipinski definition) is 3. The van der Waals surface area contributed by atoms with E-state index in [9.17, 15) is 18.0 Å². The summed E-state index contributed by atoms with van der Waals surface area (Å²) in [5.74, 6) is 0. The standard InChI is InChI=1S/C14H19F3N2O2/c15-14(16,17)11-5-7-12(8-6-11)19-13(21)18-9-3-1-2-4-10-20/h5-8,20H,1-4,9-10H2,(H2,18,19,21). The minimum absolute atomic E-state index is 0.168. The van der Waals surface area contributed by atoms with Crippen LogP contribution in [-0.2, 0) is 6.18 Å². The topological polar surface area (TPSA) is 61.4 Å². The van der Waals surface area contributed by atoms with Crippen LogP contribution in [0.1, 0.15) is 31.2 Å². The van der Waals surface area contributed by atoms with Crippen LogP contribution < -0.4 is 10.6 Å². The van der Waals surface area contributed by atoms with Crippen molar-refractivity contribution in [3.05, 3.63) is 29.8 Å². The minimum Gasteiger partial charge on any atom is -0.396 e. The van der Waals surface area contributed by atoms with Gasteiger partial charge in [0, 0.05) is 18.8 Å². The highest BCUT2D eigenvalue weighted by Crippen LogP contribution is 2.29. The Bertz CT molecular complexity index is 433. The first-order valence-corrected chi connectivity index (χ1v) is 6.76. The van der Waals surface area contributed by atoms with Gasteiger partial charge in [0.15, 0.2) is 0 Å². The molecule has 0 saturated heterocycles. The van der Waals surface area contributed by atoms with Gasteiger partial charge in [0.05, 0.1) is 5.56 Å². The summed E-state index contributed by atoms with van der Waals surface area (Å²) in [5.41, 5.74) is -0.446. The number of amides is 2. The molecule has 7 heteroatoms. The number of aliphatic hydroxyl groups excluding tert-OH is 1. The highest BCUT2D eigenvalue weighted by Gasteiger charge is 2.29. The molecule has 0 aliphatic carbocycles. The normalized spacial score (nSPS) is 11.2. The molecule has 0 spiro atoms. The number of hydrogen-bond acceptors (Lipinski definition) is 2. The Kier molecular flexibility index (Phi) is 7.01. The number of carbonyl (C=O) groups excluding carboxylic acids is 1. The van der Waals surface area contributed by atoms with E-state index in [2.05, 4.69) is 10.6 Å². The van der Waals surface area contributed by atoms with Crippen LogP contribution in [0.5, 0.6) is 0 Å². The second-order valence-corrected chi connectivity index (χ2v) is 4.59. The largest absolute Gasteiger partial charge is 0.416 e. The van der Waals surface area contributed by atoms with E-state index < -0.39 is 17.8 Å². The zero-order chi connectivity index (χ0) is 15.7. The number of halogens is 3. The molecule has 0 radical (unpaired) electrons. The molecule has 0 aliphatic heterocycles. The first-order valence-electron chi connectivity index (χ1n) is 6.76. The molecule has 0 aliphatic rings. The fraction of sp³-hybridized carbons (Fsp3) is 0.500. The first-order chi connectivity index (χ1) is 9.93. The van der Waals surface area contributed by atoms with Gasteiger partial charge < -0.3 is 15.7 Å². The quantitative estimate of drug-likeness (QED) is 0.676. The minimum atomic E-state index is -4.38. The molecule has 0 heterocycles. The fourth-order valence-electron chi connectivity index (χ4n) is 1.71. The van der Waals surface area contributed by atoms with Crippen LogP contribution in [0.2, 0.25) is 0 Å². The van der Waals surface area contributed by atoms with Crippen molar-refractivity contribution in [1.82, 2.24) is 5.32 Å². The average Bonchev–Trinajstić information content (AvgIpc) is 2.42. The van der Waals surface area contributed by atoms with Gasteiger partial charge in [-0.05, 0) is 37.1 Å². The maximum atomic E-state index is 12.4. The van der Waals surface area contributed by atoms with Gasteiger partial charge in [-0.3, -0.25) is 0 Å². The molecule has 0 atom stereocenters. The van der Waals surface area contributed by atoms with E-state index in [1.165, 1.54) is 12.1 Å². The Balaban J connectivity index is 2.28. The van der Waals surface area contributed by atoms with Crippen LogP contribution in [0.3, 0.4) is 0 Å². The van der Waals surface area contributed by atoms with Gasteiger partial charge in [0.2, 0.25) is 0 Å². The molecule has 1 rings (SSSR count). The molecule has 1 aromatic carbocycles. The van der Waals surface area contributed by atoms with Gasteiger partial charge in [0.1, 0.15) is 0 Å². The van der Waals surface area contributed by atoms with E-state index in [0.29, 0.717) is 12.2 Å². The van der Waals surface area contributed by atoms with Crippen molar-refractivity contribution < 1.29 is 23.1 Å². The molecular weight excluding hydrogens is 285 g/mol. The molecule has 118 valence electrons. The summed E-state index contributed by atoms with van der Waals surface area (Å²) in [4.78, 5) is 11.5. The number of urea groups is 1. The molecule has 0 saturated carbocycles. The smallest absolute Gasteiger partial charge is 0.396 e. The van der Waals surface area contributed by atoms with E-state index in [1.54, 1.807) is 0 Å². The van der Waals surface area contributed by atoms with Crippen molar-refractivity contribution in [1.29, 1.82) is 0 Å². The predicted octanol–water partition coefficient (Wildman–Crippen LogP) is 3.38. The molecule has 0 unspecified atom stereocenters. The third kappa shape index (κ3) is 6.99. The summed E-state index contributed by atoms with van der Waals surface area (Å²) in [6.45, 7) is 0.653. The van der Waals surface area contributed by atoms with Crippen LogP contribution >= 0.6 is 0 Å². The molecule has 1 aromatic rings. The maximum Gasteiger partial charge on any atom is 0.416 e. The van der Waals surface area contributed by atoms with Crippen molar-refractivity contribution in [2.45, 2.75) is 31.9 Å². The zero-order valence-corrected chi connectivity index (χ0v) is 11.5. The number of alkyl halides is 3.